The number of amides is 1. The summed E-state index contributed by atoms with van der Waals surface area (Å²) in [5, 5.41) is 9.53. The van der Waals surface area contributed by atoms with E-state index in [4.69, 9.17) is 9.47 Å². The molecule has 0 bridgehead atoms. The van der Waals surface area contributed by atoms with Crippen molar-refractivity contribution in [2.24, 2.45) is 0 Å². The number of hydrogen-bond acceptors (Lipinski definition) is 6. The molecule has 4 aromatic rings. The van der Waals surface area contributed by atoms with Gasteiger partial charge in [0.05, 0.1) is 5.75 Å². The number of hydrogen-bond donors (Lipinski definition) is 0. The van der Waals surface area contributed by atoms with Crippen LogP contribution >= 0.6 is 11.8 Å². The summed E-state index contributed by atoms with van der Waals surface area (Å²) < 4.78 is 12.9. The Morgan fingerprint density at radius 3 is 2.45 bits per heavy atom. The lowest BCUT2D eigenvalue weighted by Gasteiger charge is -2.20. The first-order valence-corrected chi connectivity index (χ1v) is 11.6. The van der Waals surface area contributed by atoms with E-state index < -0.39 is 0 Å². The third kappa shape index (κ3) is 4.29. The number of carbonyl (C=O) groups is 1. The number of para-hydroxylation sites is 2. The molecule has 8 heteroatoms. The average Bonchev–Trinajstić information content (AvgIpc) is 3.51. The van der Waals surface area contributed by atoms with Crippen molar-refractivity contribution in [2.45, 2.75) is 12.1 Å². The first-order chi connectivity index (χ1) is 16.2. The van der Waals surface area contributed by atoms with Crippen LogP contribution in [-0.2, 0) is 4.79 Å². The minimum atomic E-state index is 0.0148. The van der Waals surface area contributed by atoms with Crippen LogP contribution in [0.4, 0.5) is 5.69 Å². The normalized spacial score (nSPS) is 12.0. The molecule has 0 unspecified atom stereocenters. The standard InChI is InChI=1S/C25H22N4O3S/c1-2-28(19-9-5-3-6-10-19)23(30)16-33-25-27-26-24(29(25)20-11-7-4-8-12-20)18-13-14-21-22(15-18)32-17-31-21/h3-15H,2,16-17H2,1H3. The molecule has 166 valence electrons. The van der Waals surface area contributed by atoms with E-state index in [1.807, 2.05) is 90.4 Å². The van der Waals surface area contributed by atoms with Gasteiger partial charge in [-0.25, -0.2) is 0 Å². The van der Waals surface area contributed by atoms with Crippen LogP contribution in [0.2, 0.25) is 0 Å². The number of nitrogens with zero attached hydrogens (tertiary/aromatic N) is 4. The maximum absolute atomic E-state index is 13.0. The molecule has 0 spiro atoms. The summed E-state index contributed by atoms with van der Waals surface area (Å²) in [5.74, 6) is 2.33. The van der Waals surface area contributed by atoms with Crippen LogP contribution < -0.4 is 14.4 Å². The van der Waals surface area contributed by atoms with Gasteiger partial charge in [-0.15, -0.1) is 10.2 Å². The second-order valence-electron chi connectivity index (χ2n) is 7.31. The van der Waals surface area contributed by atoms with Crippen LogP contribution in [-0.4, -0.2) is 39.8 Å². The molecule has 0 fully saturated rings. The SMILES string of the molecule is CCN(C(=O)CSc1nnc(-c2ccc3c(c2)OCO3)n1-c1ccccc1)c1ccccc1. The van der Waals surface area contributed by atoms with Crippen molar-refractivity contribution in [3.8, 4) is 28.6 Å². The van der Waals surface area contributed by atoms with Crippen LogP contribution in [0.1, 0.15) is 6.92 Å². The van der Waals surface area contributed by atoms with E-state index in [-0.39, 0.29) is 18.5 Å². The number of carbonyl (C=O) groups excluding carboxylic acids is 1. The molecule has 1 aliphatic rings. The Morgan fingerprint density at radius 1 is 0.970 bits per heavy atom. The lowest BCUT2D eigenvalue weighted by Crippen LogP contribution is -2.32. The number of ether oxygens (including phenoxy) is 2. The van der Waals surface area contributed by atoms with Gasteiger partial charge in [-0.1, -0.05) is 48.2 Å². The third-order valence-corrected chi connectivity index (χ3v) is 6.20. The topological polar surface area (TPSA) is 69.5 Å². The van der Waals surface area contributed by atoms with Gasteiger partial charge in [0, 0.05) is 23.5 Å². The lowest BCUT2D eigenvalue weighted by atomic mass is 10.2. The van der Waals surface area contributed by atoms with E-state index in [2.05, 4.69) is 10.2 Å². The van der Waals surface area contributed by atoms with Crippen LogP contribution in [0, 0.1) is 0 Å². The summed E-state index contributed by atoms with van der Waals surface area (Å²) in [5.41, 5.74) is 2.66. The number of fused-ring (bicyclic) bond motifs is 1. The van der Waals surface area contributed by atoms with Crippen molar-refractivity contribution in [2.75, 3.05) is 24.0 Å². The van der Waals surface area contributed by atoms with Gasteiger partial charge in [-0.3, -0.25) is 9.36 Å². The maximum atomic E-state index is 13.0. The van der Waals surface area contributed by atoms with Crippen molar-refractivity contribution in [1.82, 2.24) is 14.8 Å². The molecular weight excluding hydrogens is 436 g/mol. The summed E-state index contributed by atoms with van der Waals surface area (Å²) in [6.07, 6.45) is 0. The molecule has 2 heterocycles. The second kappa shape index (κ2) is 9.38. The summed E-state index contributed by atoms with van der Waals surface area (Å²) in [4.78, 5) is 14.8. The van der Waals surface area contributed by atoms with Crippen LogP contribution in [0.15, 0.2) is 84.0 Å². The summed E-state index contributed by atoms with van der Waals surface area (Å²) in [6, 6.07) is 25.3. The zero-order chi connectivity index (χ0) is 22.6. The first kappa shape index (κ1) is 21.1. The molecule has 33 heavy (non-hydrogen) atoms. The number of aromatic nitrogens is 3. The first-order valence-electron chi connectivity index (χ1n) is 10.6. The van der Waals surface area contributed by atoms with Crippen molar-refractivity contribution in [3.63, 3.8) is 0 Å². The Labute approximate surface area is 196 Å². The molecule has 0 saturated carbocycles. The minimum Gasteiger partial charge on any atom is -0.454 e. The number of thioether (sulfide) groups is 1. The zero-order valence-corrected chi connectivity index (χ0v) is 18.9. The Hall–Kier alpha value is -3.78. The number of rotatable bonds is 7. The van der Waals surface area contributed by atoms with Crippen molar-refractivity contribution in [3.05, 3.63) is 78.9 Å². The monoisotopic (exact) mass is 458 g/mol. The van der Waals surface area contributed by atoms with Crippen molar-refractivity contribution in [1.29, 1.82) is 0 Å². The molecule has 1 amide bonds. The molecule has 1 aliphatic heterocycles. The summed E-state index contributed by atoms with van der Waals surface area (Å²) >= 11 is 1.37. The Balaban J connectivity index is 1.45. The quantitative estimate of drug-likeness (QED) is 0.370. The predicted molar refractivity (Wildman–Crippen MR) is 128 cm³/mol. The highest BCUT2D eigenvalue weighted by atomic mass is 32.2. The molecular formula is C25H22N4O3S. The molecule has 7 nitrogen and oxygen atoms in total. The van der Waals surface area contributed by atoms with Crippen LogP contribution in [0.3, 0.4) is 0 Å². The maximum Gasteiger partial charge on any atom is 0.237 e. The van der Waals surface area contributed by atoms with Crippen LogP contribution in [0.5, 0.6) is 11.5 Å². The van der Waals surface area contributed by atoms with E-state index in [0.717, 1.165) is 16.9 Å². The van der Waals surface area contributed by atoms with E-state index >= 15 is 0 Å². The second-order valence-corrected chi connectivity index (χ2v) is 8.25. The summed E-state index contributed by atoms with van der Waals surface area (Å²) in [6.45, 7) is 2.78. The summed E-state index contributed by atoms with van der Waals surface area (Å²) in [7, 11) is 0. The molecule has 0 N–H and O–H groups in total. The fourth-order valence-corrected chi connectivity index (χ4v) is 4.54. The van der Waals surface area contributed by atoms with E-state index in [1.165, 1.54) is 11.8 Å². The van der Waals surface area contributed by atoms with E-state index in [9.17, 15) is 4.79 Å². The van der Waals surface area contributed by atoms with Crippen molar-refractivity contribution >= 4 is 23.4 Å². The molecule has 0 saturated heterocycles. The van der Waals surface area contributed by atoms with Gasteiger partial charge in [0.25, 0.3) is 0 Å². The number of benzene rings is 3. The fourth-order valence-electron chi connectivity index (χ4n) is 3.71. The fraction of sp³-hybridized carbons (Fsp3) is 0.160. The van der Waals surface area contributed by atoms with Crippen LogP contribution in [0.25, 0.3) is 17.1 Å². The highest BCUT2D eigenvalue weighted by Crippen LogP contribution is 2.37. The Morgan fingerprint density at radius 2 is 1.70 bits per heavy atom. The largest absolute Gasteiger partial charge is 0.454 e. The van der Waals surface area contributed by atoms with E-state index in [0.29, 0.717) is 29.0 Å². The van der Waals surface area contributed by atoms with Gasteiger partial charge in [0.1, 0.15) is 0 Å². The highest BCUT2D eigenvalue weighted by Gasteiger charge is 2.21. The van der Waals surface area contributed by atoms with Gasteiger partial charge in [0.15, 0.2) is 22.5 Å². The Bertz CT molecular complexity index is 1260. The minimum absolute atomic E-state index is 0.0148. The molecule has 1 aromatic heterocycles. The van der Waals surface area contributed by atoms with Crippen molar-refractivity contribution < 1.29 is 14.3 Å². The number of anilines is 1. The average molecular weight is 459 g/mol. The van der Waals surface area contributed by atoms with Gasteiger partial charge in [-0.2, -0.15) is 0 Å². The third-order valence-electron chi connectivity index (χ3n) is 5.29. The molecule has 0 atom stereocenters. The predicted octanol–water partition coefficient (Wildman–Crippen LogP) is 4.81. The smallest absolute Gasteiger partial charge is 0.237 e. The molecule has 0 aliphatic carbocycles. The molecule has 0 radical (unpaired) electrons. The zero-order valence-electron chi connectivity index (χ0n) is 18.0. The highest BCUT2D eigenvalue weighted by molar-refractivity contribution is 7.99. The van der Waals surface area contributed by atoms with Gasteiger partial charge in [0.2, 0.25) is 12.7 Å². The molecule has 5 rings (SSSR count). The Kier molecular flexibility index (Phi) is 5.99. The van der Waals surface area contributed by atoms with Gasteiger partial charge < -0.3 is 14.4 Å². The van der Waals surface area contributed by atoms with Gasteiger partial charge >= 0.3 is 0 Å². The van der Waals surface area contributed by atoms with Gasteiger partial charge in [-0.05, 0) is 49.4 Å². The lowest BCUT2D eigenvalue weighted by molar-refractivity contribution is -0.116. The molecule has 3 aromatic carbocycles. The van der Waals surface area contributed by atoms with E-state index in [1.54, 1.807) is 4.90 Å².